The van der Waals surface area contributed by atoms with Crippen molar-refractivity contribution < 1.29 is 18.7 Å². The van der Waals surface area contributed by atoms with Crippen molar-refractivity contribution in [2.45, 2.75) is 45.6 Å². The van der Waals surface area contributed by atoms with Crippen molar-refractivity contribution >= 4 is 17.7 Å². The van der Waals surface area contributed by atoms with Gasteiger partial charge in [0.25, 0.3) is 5.91 Å². The summed E-state index contributed by atoms with van der Waals surface area (Å²) in [6.45, 7) is 3.09. The molecule has 24 heavy (non-hydrogen) atoms. The number of nitrogens with one attached hydrogen (secondary N) is 1. The van der Waals surface area contributed by atoms with Crippen LogP contribution in [-0.2, 0) is 9.53 Å². The standard InChI is InChI=1S/C17H21N3O4/c1-11-9-14(12(2)24-11)17(22)23-10-16(21)19-15-7-8-18-20(15)13-5-3-4-6-13/h7-9,13H,3-6,10H2,1-2H3,(H,19,21). The quantitative estimate of drug-likeness (QED) is 0.851. The van der Waals surface area contributed by atoms with E-state index in [1.54, 1.807) is 32.2 Å². The van der Waals surface area contributed by atoms with Gasteiger partial charge in [0.1, 0.15) is 22.9 Å². The molecule has 0 atom stereocenters. The number of hydrogen-bond donors (Lipinski definition) is 1. The molecular formula is C17H21N3O4. The molecule has 1 fully saturated rings. The molecule has 0 radical (unpaired) electrons. The third-order valence-electron chi connectivity index (χ3n) is 4.20. The second-order valence-corrected chi connectivity index (χ2v) is 6.05. The average molecular weight is 331 g/mol. The summed E-state index contributed by atoms with van der Waals surface area (Å²) >= 11 is 0. The summed E-state index contributed by atoms with van der Waals surface area (Å²) < 4.78 is 12.2. The van der Waals surface area contributed by atoms with E-state index in [-0.39, 0.29) is 12.5 Å². The summed E-state index contributed by atoms with van der Waals surface area (Å²) in [6, 6.07) is 3.68. The Morgan fingerprint density at radius 3 is 2.79 bits per heavy atom. The number of aromatic nitrogens is 2. The molecule has 2 aromatic heterocycles. The Labute approximate surface area is 140 Å². The Morgan fingerprint density at radius 2 is 2.12 bits per heavy atom. The molecule has 0 saturated heterocycles. The van der Waals surface area contributed by atoms with E-state index in [2.05, 4.69) is 10.4 Å². The van der Waals surface area contributed by atoms with Gasteiger partial charge in [-0.2, -0.15) is 5.10 Å². The minimum absolute atomic E-state index is 0.328. The van der Waals surface area contributed by atoms with Gasteiger partial charge in [-0.1, -0.05) is 12.8 Å². The Balaban J connectivity index is 1.56. The highest BCUT2D eigenvalue weighted by atomic mass is 16.5. The summed E-state index contributed by atoms with van der Waals surface area (Å²) in [4.78, 5) is 24.0. The molecule has 1 aliphatic carbocycles. The van der Waals surface area contributed by atoms with Crippen LogP contribution in [-0.4, -0.2) is 28.3 Å². The largest absolute Gasteiger partial charge is 0.466 e. The zero-order valence-electron chi connectivity index (χ0n) is 13.9. The van der Waals surface area contributed by atoms with Crippen LogP contribution in [0.4, 0.5) is 5.82 Å². The highest BCUT2D eigenvalue weighted by Crippen LogP contribution is 2.31. The van der Waals surface area contributed by atoms with E-state index in [9.17, 15) is 9.59 Å². The van der Waals surface area contributed by atoms with E-state index in [0.29, 0.717) is 28.9 Å². The first-order valence-corrected chi connectivity index (χ1v) is 8.12. The first kappa shape index (κ1) is 16.3. The fraction of sp³-hybridized carbons (Fsp3) is 0.471. The molecule has 128 valence electrons. The van der Waals surface area contributed by atoms with Crippen LogP contribution in [0.1, 0.15) is 53.6 Å². The van der Waals surface area contributed by atoms with Crippen molar-refractivity contribution in [3.8, 4) is 0 Å². The van der Waals surface area contributed by atoms with Crippen molar-refractivity contribution in [1.82, 2.24) is 9.78 Å². The molecule has 0 unspecified atom stereocenters. The minimum atomic E-state index is -0.566. The van der Waals surface area contributed by atoms with Gasteiger partial charge in [0, 0.05) is 6.07 Å². The number of aryl methyl sites for hydroxylation is 2. The smallest absolute Gasteiger partial charge is 0.342 e. The molecule has 1 saturated carbocycles. The first-order valence-electron chi connectivity index (χ1n) is 8.12. The highest BCUT2D eigenvalue weighted by Gasteiger charge is 2.21. The molecule has 0 aromatic carbocycles. The van der Waals surface area contributed by atoms with Crippen LogP contribution in [0, 0.1) is 13.8 Å². The van der Waals surface area contributed by atoms with Gasteiger partial charge in [-0.15, -0.1) is 0 Å². The molecule has 1 amide bonds. The first-order chi connectivity index (χ1) is 11.5. The maximum atomic E-state index is 12.1. The van der Waals surface area contributed by atoms with E-state index in [0.717, 1.165) is 12.8 Å². The van der Waals surface area contributed by atoms with E-state index < -0.39 is 5.97 Å². The van der Waals surface area contributed by atoms with E-state index in [1.807, 2.05) is 4.68 Å². The second kappa shape index (κ2) is 6.90. The van der Waals surface area contributed by atoms with E-state index in [4.69, 9.17) is 9.15 Å². The van der Waals surface area contributed by atoms with E-state index >= 15 is 0 Å². The second-order valence-electron chi connectivity index (χ2n) is 6.05. The van der Waals surface area contributed by atoms with Gasteiger partial charge >= 0.3 is 5.97 Å². The van der Waals surface area contributed by atoms with Gasteiger partial charge < -0.3 is 14.5 Å². The van der Waals surface area contributed by atoms with Crippen LogP contribution in [0.3, 0.4) is 0 Å². The molecule has 0 aliphatic heterocycles. The normalized spacial score (nSPS) is 14.8. The third-order valence-corrected chi connectivity index (χ3v) is 4.20. The predicted molar refractivity (Wildman–Crippen MR) is 86.8 cm³/mol. The average Bonchev–Trinajstić information content (AvgIpc) is 3.25. The maximum absolute atomic E-state index is 12.1. The Morgan fingerprint density at radius 1 is 1.38 bits per heavy atom. The van der Waals surface area contributed by atoms with Gasteiger partial charge in [0.05, 0.1) is 12.2 Å². The molecular weight excluding hydrogens is 310 g/mol. The Hall–Kier alpha value is -2.57. The number of ether oxygens (including phenoxy) is 1. The van der Waals surface area contributed by atoms with Crippen LogP contribution in [0.25, 0.3) is 0 Å². The molecule has 0 bridgehead atoms. The van der Waals surface area contributed by atoms with Gasteiger partial charge in [0.15, 0.2) is 6.61 Å². The third kappa shape index (κ3) is 3.50. The summed E-state index contributed by atoms with van der Waals surface area (Å²) in [5.41, 5.74) is 0.344. The van der Waals surface area contributed by atoms with Crippen LogP contribution in [0.15, 0.2) is 22.7 Å². The summed E-state index contributed by atoms with van der Waals surface area (Å²) in [5.74, 6) is 0.796. The Bertz CT molecular complexity index is 741. The number of furan rings is 1. The number of anilines is 1. The molecule has 2 aromatic rings. The van der Waals surface area contributed by atoms with Crippen molar-refractivity contribution in [1.29, 1.82) is 0 Å². The van der Waals surface area contributed by atoms with Gasteiger partial charge in [-0.05, 0) is 32.8 Å². The molecule has 7 heteroatoms. The molecule has 0 spiro atoms. The fourth-order valence-electron chi connectivity index (χ4n) is 3.07. The number of carbonyl (C=O) groups is 2. The molecule has 3 rings (SSSR count). The van der Waals surface area contributed by atoms with Crippen molar-refractivity contribution in [3.05, 3.63) is 35.4 Å². The maximum Gasteiger partial charge on any atom is 0.342 e. The molecule has 2 heterocycles. The molecule has 1 N–H and O–H groups in total. The number of carbonyl (C=O) groups excluding carboxylic acids is 2. The zero-order chi connectivity index (χ0) is 17.1. The lowest BCUT2D eigenvalue weighted by molar-refractivity contribution is -0.119. The lowest BCUT2D eigenvalue weighted by atomic mass is 10.2. The lowest BCUT2D eigenvalue weighted by Gasteiger charge is -2.14. The topological polar surface area (TPSA) is 86.4 Å². The van der Waals surface area contributed by atoms with Crippen LogP contribution in [0.2, 0.25) is 0 Å². The fourth-order valence-corrected chi connectivity index (χ4v) is 3.07. The zero-order valence-corrected chi connectivity index (χ0v) is 13.9. The van der Waals surface area contributed by atoms with Crippen LogP contribution >= 0.6 is 0 Å². The number of esters is 1. The van der Waals surface area contributed by atoms with Crippen molar-refractivity contribution in [2.75, 3.05) is 11.9 Å². The van der Waals surface area contributed by atoms with Crippen molar-refractivity contribution in [3.63, 3.8) is 0 Å². The Kier molecular flexibility index (Phi) is 4.69. The predicted octanol–water partition coefficient (Wildman–Crippen LogP) is 3.00. The van der Waals surface area contributed by atoms with Gasteiger partial charge in [0.2, 0.25) is 0 Å². The van der Waals surface area contributed by atoms with Gasteiger partial charge in [-0.3, -0.25) is 4.79 Å². The summed E-state index contributed by atoms with van der Waals surface area (Å²) in [5, 5.41) is 7.05. The summed E-state index contributed by atoms with van der Waals surface area (Å²) in [7, 11) is 0. The minimum Gasteiger partial charge on any atom is -0.466 e. The van der Waals surface area contributed by atoms with Crippen LogP contribution in [0.5, 0.6) is 0 Å². The van der Waals surface area contributed by atoms with Gasteiger partial charge in [-0.25, -0.2) is 9.48 Å². The van der Waals surface area contributed by atoms with Crippen LogP contribution < -0.4 is 5.32 Å². The molecule has 7 nitrogen and oxygen atoms in total. The monoisotopic (exact) mass is 331 g/mol. The number of hydrogen-bond acceptors (Lipinski definition) is 5. The van der Waals surface area contributed by atoms with Crippen molar-refractivity contribution in [2.24, 2.45) is 0 Å². The SMILES string of the molecule is Cc1cc(C(=O)OCC(=O)Nc2ccnn2C2CCCC2)c(C)o1. The highest BCUT2D eigenvalue weighted by molar-refractivity contribution is 5.95. The molecule has 1 aliphatic rings. The number of rotatable bonds is 5. The lowest BCUT2D eigenvalue weighted by Crippen LogP contribution is -2.23. The summed E-state index contributed by atoms with van der Waals surface area (Å²) in [6.07, 6.45) is 6.16. The number of nitrogens with zero attached hydrogens (tertiary/aromatic N) is 2. The number of amides is 1. The van der Waals surface area contributed by atoms with E-state index in [1.165, 1.54) is 12.8 Å².